The Bertz CT molecular complexity index is 1020. The van der Waals surface area contributed by atoms with Crippen LogP contribution in [-0.2, 0) is 15.6 Å². The van der Waals surface area contributed by atoms with E-state index in [0.29, 0.717) is 42.5 Å². The molecule has 168 valence electrons. The van der Waals surface area contributed by atoms with Crippen molar-refractivity contribution in [2.75, 3.05) is 31.4 Å². The molecule has 10 nitrogen and oxygen atoms in total. The van der Waals surface area contributed by atoms with E-state index in [4.69, 9.17) is 23.2 Å². The maximum atomic E-state index is 12.5. The van der Waals surface area contributed by atoms with Crippen molar-refractivity contribution in [3.8, 4) is 0 Å². The zero-order chi connectivity index (χ0) is 22.7. The summed E-state index contributed by atoms with van der Waals surface area (Å²) >= 11 is 12.2. The summed E-state index contributed by atoms with van der Waals surface area (Å²) in [5.74, 6) is -0.388. The van der Waals surface area contributed by atoms with Crippen LogP contribution in [0.5, 0.6) is 0 Å². The fraction of sp³-hybridized carbons (Fsp3) is 0.444. The Morgan fingerprint density at radius 1 is 1.23 bits per heavy atom. The minimum absolute atomic E-state index is 0.0566. The molecule has 0 spiro atoms. The second kappa shape index (κ2) is 9.94. The first-order valence-electron chi connectivity index (χ1n) is 9.36. The van der Waals surface area contributed by atoms with E-state index >= 15 is 0 Å². The first-order valence-corrected chi connectivity index (χ1v) is 11.7. The lowest BCUT2D eigenvalue weighted by Crippen LogP contribution is -2.45. The number of piperidine rings is 1. The van der Waals surface area contributed by atoms with Gasteiger partial charge in [-0.1, -0.05) is 23.2 Å². The second-order valence-electron chi connectivity index (χ2n) is 6.97. The molecule has 0 bridgehead atoms. The summed E-state index contributed by atoms with van der Waals surface area (Å²) in [6.07, 6.45) is 2.73. The van der Waals surface area contributed by atoms with Crippen molar-refractivity contribution in [2.45, 2.75) is 31.0 Å². The first-order chi connectivity index (χ1) is 14.7. The third kappa shape index (κ3) is 5.35. The Labute approximate surface area is 191 Å². The van der Waals surface area contributed by atoms with Gasteiger partial charge < -0.3 is 15.2 Å². The SMILES string of the molecule is CONC(=O)c1cc(N2CCC(NC(=O)c3[nH]c(C)c(Cl)c3Cl)CC2)nc(S(C)=O)n1. The Morgan fingerprint density at radius 2 is 1.90 bits per heavy atom. The van der Waals surface area contributed by atoms with Crippen LogP contribution in [0.1, 0.15) is 39.5 Å². The topological polar surface area (TPSA) is 129 Å². The quantitative estimate of drug-likeness (QED) is 0.417. The number of hydroxylamine groups is 1. The van der Waals surface area contributed by atoms with Crippen LogP contribution >= 0.6 is 23.2 Å². The molecule has 3 heterocycles. The number of nitrogens with zero attached hydrogens (tertiary/aromatic N) is 3. The van der Waals surface area contributed by atoms with Crippen molar-refractivity contribution >= 4 is 51.6 Å². The molecule has 0 radical (unpaired) electrons. The van der Waals surface area contributed by atoms with Crippen LogP contribution in [-0.4, -0.2) is 63.5 Å². The van der Waals surface area contributed by atoms with E-state index in [0.717, 1.165) is 0 Å². The van der Waals surface area contributed by atoms with E-state index in [1.807, 2.05) is 4.90 Å². The molecule has 1 atom stereocenters. The van der Waals surface area contributed by atoms with Crippen LogP contribution in [0, 0.1) is 6.92 Å². The normalized spacial score (nSPS) is 15.6. The molecular weight excluding hydrogens is 467 g/mol. The molecule has 0 saturated carbocycles. The number of hydrogen-bond donors (Lipinski definition) is 3. The zero-order valence-electron chi connectivity index (χ0n) is 17.1. The van der Waals surface area contributed by atoms with Crippen LogP contribution in [0.4, 0.5) is 5.82 Å². The number of rotatable bonds is 6. The molecule has 1 fully saturated rings. The van der Waals surface area contributed by atoms with Crippen molar-refractivity contribution in [1.29, 1.82) is 0 Å². The molecule has 1 aliphatic rings. The smallest absolute Gasteiger partial charge is 0.293 e. The molecule has 2 aromatic rings. The van der Waals surface area contributed by atoms with E-state index < -0.39 is 16.7 Å². The average Bonchev–Trinajstić information content (AvgIpc) is 3.01. The fourth-order valence-corrected chi connectivity index (χ4v) is 4.07. The summed E-state index contributed by atoms with van der Waals surface area (Å²) < 4.78 is 11.9. The van der Waals surface area contributed by atoms with Crippen molar-refractivity contribution < 1.29 is 18.6 Å². The number of hydrogen-bond acceptors (Lipinski definition) is 7. The lowest BCUT2D eigenvalue weighted by atomic mass is 10.0. The summed E-state index contributed by atoms with van der Waals surface area (Å²) in [6.45, 7) is 2.88. The number of nitrogens with one attached hydrogen (secondary N) is 3. The zero-order valence-corrected chi connectivity index (χ0v) is 19.5. The molecule has 1 aliphatic heterocycles. The van der Waals surface area contributed by atoms with Gasteiger partial charge in [0.2, 0.25) is 5.16 Å². The minimum Gasteiger partial charge on any atom is -0.356 e. The monoisotopic (exact) mass is 488 g/mol. The number of amides is 2. The lowest BCUT2D eigenvalue weighted by molar-refractivity contribution is 0.0531. The lowest BCUT2D eigenvalue weighted by Gasteiger charge is -2.33. The summed E-state index contributed by atoms with van der Waals surface area (Å²) in [7, 11) is -0.153. The highest BCUT2D eigenvalue weighted by Gasteiger charge is 2.26. The molecule has 0 aliphatic carbocycles. The summed E-state index contributed by atoms with van der Waals surface area (Å²) in [6, 6.07) is 1.45. The summed E-state index contributed by atoms with van der Waals surface area (Å²) in [4.78, 5) is 42.5. The molecule has 3 N–H and O–H groups in total. The molecule has 3 rings (SSSR count). The second-order valence-corrected chi connectivity index (χ2v) is 9.00. The van der Waals surface area contributed by atoms with Crippen molar-refractivity contribution in [1.82, 2.24) is 25.7 Å². The number of aryl methyl sites for hydroxylation is 1. The van der Waals surface area contributed by atoms with Crippen molar-refractivity contribution in [2.24, 2.45) is 0 Å². The predicted molar refractivity (Wildman–Crippen MR) is 117 cm³/mol. The van der Waals surface area contributed by atoms with Crippen LogP contribution in [0.2, 0.25) is 10.0 Å². The van der Waals surface area contributed by atoms with Gasteiger partial charge in [0.05, 0.1) is 28.0 Å². The molecule has 13 heteroatoms. The summed E-state index contributed by atoms with van der Waals surface area (Å²) in [5, 5.41) is 3.56. The highest BCUT2D eigenvalue weighted by atomic mass is 35.5. The van der Waals surface area contributed by atoms with Gasteiger partial charge in [-0.2, -0.15) is 0 Å². The van der Waals surface area contributed by atoms with Crippen molar-refractivity contribution in [3.63, 3.8) is 0 Å². The molecule has 1 unspecified atom stereocenters. The van der Waals surface area contributed by atoms with E-state index in [1.54, 1.807) is 6.92 Å². The minimum atomic E-state index is -1.47. The van der Waals surface area contributed by atoms with E-state index in [-0.39, 0.29) is 33.5 Å². The van der Waals surface area contributed by atoms with Gasteiger partial charge in [0.1, 0.15) is 17.2 Å². The Balaban J connectivity index is 1.68. The van der Waals surface area contributed by atoms with Gasteiger partial charge in [0, 0.05) is 37.1 Å². The van der Waals surface area contributed by atoms with Crippen LogP contribution in [0.3, 0.4) is 0 Å². The number of aromatic amines is 1. The Morgan fingerprint density at radius 3 is 2.45 bits per heavy atom. The number of aromatic nitrogens is 3. The molecule has 2 aromatic heterocycles. The molecular formula is C18H22Cl2N6O4S. The van der Waals surface area contributed by atoms with Gasteiger partial charge >= 0.3 is 0 Å². The van der Waals surface area contributed by atoms with Gasteiger partial charge in [0.15, 0.2) is 0 Å². The first kappa shape index (κ1) is 23.5. The third-order valence-corrected chi connectivity index (χ3v) is 6.46. The van der Waals surface area contributed by atoms with Gasteiger partial charge in [-0.25, -0.2) is 15.4 Å². The third-order valence-electron chi connectivity index (χ3n) is 4.81. The van der Waals surface area contributed by atoms with Gasteiger partial charge in [0.25, 0.3) is 11.8 Å². The van der Waals surface area contributed by atoms with Crippen LogP contribution in [0.25, 0.3) is 0 Å². The number of halogens is 2. The molecule has 0 aromatic carbocycles. The maximum Gasteiger partial charge on any atom is 0.293 e. The number of carbonyl (C=O) groups excluding carboxylic acids is 2. The fourth-order valence-electron chi connectivity index (χ4n) is 3.20. The average molecular weight is 489 g/mol. The maximum absolute atomic E-state index is 12.5. The number of anilines is 1. The molecule has 31 heavy (non-hydrogen) atoms. The molecule has 1 saturated heterocycles. The van der Waals surface area contributed by atoms with Crippen LogP contribution in [0.15, 0.2) is 11.2 Å². The summed E-state index contributed by atoms with van der Waals surface area (Å²) in [5.41, 5.74) is 3.13. The number of carbonyl (C=O) groups is 2. The van der Waals surface area contributed by atoms with E-state index in [1.165, 1.54) is 19.4 Å². The largest absolute Gasteiger partial charge is 0.356 e. The highest BCUT2D eigenvalue weighted by molar-refractivity contribution is 7.84. The van der Waals surface area contributed by atoms with Crippen LogP contribution < -0.4 is 15.7 Å². The standard InChI is InChI=1S/C18H22Cl2N6O4S/c1-9-13(19)14(20)15(21-9)17(28)22-10-4-6-26(7-5-10)12-8-11(16(27)25-30-2)23-18(24-12)31(3)29/h8,10,21H,4-7H2,1-3H3,(H,22,28)(H,25,27). The van der Waals surface area contributed by atoms with Gasteiger partial charge in [-0.3, -0.25) is 18.6 Å². The van der Waals surface area contributed by atoms with E-state index in [2.05, 4.69) is 30.6 Å². The van der Waals surface area contributed by atoms with Gasteiger partial charge in [-0.05, 0) is 19.8 Å². The Kier molecular flexibility index (Phi) is 7.52. The van der Waals surface area contributed by atoms with Crippen molar-refractivity contribution in [3.05, 3.63) is 33.2 Å². The van der Waals surface area contributed by atoms with Gasteiger partial charge in [-0.15, -0.1) is 0 Å². The van der Waals surface area contributed by atoms with E-state index in [9.17, 15) is 13.8 Å². The predicted octanol–water partition coefficient (Wildman–Crippen LogP) is 1.85. The molecule has 2 amide bonds. The highest BCUT2D eigenvalue weighted by Crippen LogP contribution is 2.29. The Hall–Kier alpha value is -2.21. The number of H-pyrrole nitrogens is 1.